The monoisotopic (exact) mass is 873 g/mol. The highest BCUT2D eigenvalue weighted by molar-refractivity contribution is 7.90. The van der Waals surface area contributed by atoms with Crippen molar-refractivity contribution in [3.63, 3.8) is 0 Å². The Labute approximate surface area is 356 Å². The van der Waals surface area contributed by atoms with Gasteiger partial charge < -0.3 is 24.7 Å². The van der Waals surface area contributed by atoms with Crippen LogP contribution in [-0.2, 0) is 20.9 Å². The molecule has 1 atom stereocenters. The van der Waals surface area contributed by atoms with Gasteiger partial charge >= 0.3 is 6.18 Å². The van der Waals surface area contributed by atoms with Gasteiger partial charge in [-0.3, -0.25) is 19.8 Å². The lowest BCUT2D eigenvalue weighted by atomic mass is 9.72. The lowest BCUT2D eigenvalue weighted by molar-refractivity contribution is -0.384. The highest BCUT2D eigenvalue weighted by Gasteiger charge is 2.33. The van der Waals surface area contributed by atoms with Crippen LogP contribution in [0.1, 0.15) is 61.0 Å². The van der Waals surface area contributed by atoms with Crippen LogP contribution in [0.5, 0.6) is 11.5 Å². The van der Waals surface area contributed by atoms with Crippen molar-refractivity contribution in [1.82, 2.24) is 19.6 Å². The molecule has 14 nitrogen and oxygen atoms in total. The number of carbonyl (C=O) groups excluding carboxylic acids is 1. The maximum absolute atomic E-state index is 13.9. The minimum atomic E-state index is -4.60. The van der Waals surface area contributed by atoms with E-state index >= 15 is 0 Å². The zero-order valence-corrected chi connectivity index (χ0v) is 34.9. The van der Waals surface area contributed by atoms with Crippen molar-refractivity contribution < 1.29 is 40.8 Å². The summed E-state index contributed by atoms with van der Waals surface area (Å²) in [6.45, 7) is 8.52. The van der Waals surface area contributed by atoms with Crippen LogP contribution >= 0.6 is 0 Å². The number of fused-ring (bicyclic) bond motifs is 1. The fourth-order valence-corrected chi connectivity index (χ4v) is 9.23. The lowest BCUT2D eigenvalue weighted by Crippen LogP contribution is -2.47. The Morgan fingerprint density at radius 1 is 1.05 bits per heavy atom. The maximum atomic E-state index is 13.9. The van der Waals surface area contributed by atoms with Crippen LogP contribution in [0.2, 0.25) is 0 Å². The summed E-state index contributed by atoms with van der Waals surface area (Å²) in [6, 6.07) is 17.1. The Hall–Kier alpha value is -5.98. The number of aromatic amines is 1. The summed E-state index contributed by atoms with van der Waals surface area (Å²) in [7, 11) is -4.60. The Morgan fingerprint density at radius 2 is 1.82 bits per heavy atom. The number of sulfonamides is 1. The SMILES string of the molecule is CC1(C)CCC(CN2CCN(c3ccc(C(=O)NS(=O)(=O)c4ccc(NC5CCOC5)c([N+](=O)[O-])c4)c(Oc4cnc5[nH]ccc5c4)c3)CC2)=C(c2ccc(C(F)(F)F)cc2)C1. The van der Waals surface area contributed by atoms with Gasteiger partial charge in [0.2, 0.25) is 0 Å². The van der Waals surface area contributed by atoms with E-state index in [1.54, 1.807) is 36.5 Å². The normalized spacial score (nSPS) is 18.5. The summed E-state index contributed by atoms with van der Waals surface area (Å²) in [5, 5.41) is 15.8. The van der Waals surface area contributed by atoms with Crippen molar-refractivity contribution in [3.05, 3.63) is 118 Å². The first-order chi connectivity index (χ1) is 29.5. The van der Waals surface area contributed by atoms with Crippen molar-refractivity contribution in [2.45, 2.75) is 56.6 Å². The van der Waals surface area contributed by atoms with Crippen LogP contribution in [0.25, 0.3) is 16.6 Å². The van der Waals surface area contributed by atoms with Crippen molar-refractivity contribution in [2.24, 2.45) is 5.41 Å². The van der Waals surface area contributed by atoms with Crippen LogP contribution < -0.4 is 19.7 Å². The summed E-state index contributed by atoms with van der Waals surface area (Å²) in [5.41, 5.74) is 3.42. The number of hydrogen-bond donors (Lipinski definition) is 3. The van der Waals surface area contributed by atoms with Crippen molar-refractivity contribution in [2.75, 3.05) is 56.2 Å². The zero-order chi connectivity index (χ0) is 43.8. The van der Waals surface area contributed by atoms with Crippen molar-refractivity contribution >= 4 is 49.6 Å². The number of carbonyl (C=O) groups is 1. The van der Waals surface area contributed by atoms with Gasteiger partial charge in [0.15, 0.2) is 0 Å². The number of nitrogens with one attached hydrogen (secondary N) is 3. The second-order valence-electron chi connectivity index (χ2n) is 16.7. The molecular weight excluding hydrogens is 828 g/mol. The number of piperazine rings is 1. The van der Waals surface area contributed by atoms with E-state index in [1.807, 2.05) is 6.07 Å². The average Bonchev–Trinajstić information content (AvgIpc) is 3.94. The molecule has 0 spiro atoms. The largest absolute Gasteiger partial charge is 0.455 e. The van der Waals surface area contributed by atoms with Crippen LogP contribution in [-0.4, -0.2) is 86.1 Å². The Balaban J connectivity index is 1.01. The molecule has 0 saturated carbocycles. The standard InChI is InChI=1S/C44H46F3N7O7S/c1-43(2)14-11-30(37(24-43)28-3-5-31(6-4-28)44(45,46)47)26-52-16-18-53(19-17-52)33-7-9-36(40(22-33)61-34-21-29-12-15-48-41(29)49-25-34)42(55)51-62(58,59)35-8-10-38(39(23-35)54(56)57)50-32-13-20-60-27-32/h3-10,12,15,21-23,25,32,50H,11,13-14,16-20,24,26-27H2,1-2H3,(H,48,49)(H,51,55). The van der Waals surface area contributed by atoms with Gasteiger partial charge in [0.25, 0.3) is 21.6 Å². The number of allylic oxidation sites excluding steroid dienone is 1. The molecule has 3 aromatic carbocycles. The number of nitro benzene ring substituents is 1. The second kappa shape index (κ2) is 17.1. The molecule has 5 aromatic rings. The van der Waals surface area contributed by atoms with Gasteiger partial charge in [0, 0.05) is 68.7 Å². The van der Waals surface area contributed by atoms with Crippen LogP contribution in [0.3, 0.4) is 0 Å². The minimum Gasteiger partial charge on any atom is -0.455 e. The molecule has 4 heterocycles. The van der Waals surface area contributed by atoms with Crippen LogP contribution in [0.15, 0.2) is 95.7 Å². The predicted octanol–water partition coefficient (Wildman–Crippen LogP) is 8.39. The zero-order valence-electron chi connectivity index (χ0n) is 34.1. The number of benzene rings is 3. The molecule has 2 fully saturated rings. The van der Waals surface area contributed by atoms with E-state index in [0.29, 0.717) is 63.8 Å². The highest BCUT2D eigenvalue weighted by Crippen LogP contribution is 2.44. The molecule has 1 unspecified atom stereocenters. The Morgan fingerprint density at radius 3 is 2.53 bits per heavy atom. The smallest absolute Gasteiger partial charge is 0.416 e. The molecular formula is C44H46F3N7O7S. The number of nitro groups is 1. The topological polar surface area (TPSA) is 172 Å². The molecule has 1 amide bonds. The van der Waals surface area contributed by atoms with E-state index in [2.05, 4.69) is 43.7 Å². The van der Waals surface area contributed by atoms with Gasteiger partial charge in [-0.1, -0.05) is 31.6 Å². The van der Waals surface area contributed by atoms with E-state index in [0.717, 1.165) is 59.7 Å². The van der Waals surface area contributed by atoms with Crippen LogP contribution in [0, 0.1) is 15.5 Å². The van der Waals surface area contributed by atoms with E-state index in [9.17, 15) is 36.5 Å². The first-order valence-corrected chi connectivity index (χ1v) is 21.8. The molecule has 326 valence electrons. The number of rotatable bonds is 12. The Bertz CT molecular complexity index is 2640. The summed E-state index contributed by atoms with van der Waals surface area (Å²) in [4.78, 5) is 36.6. The van der Waals surface area contributed by atoms with Gasteiger partial charge in [0.05, 0.1) is 39.8 Å². The quantitative estimate of drug-likeness (QED) is 0.0812. The number of nitrogens with zero attached hydrogens (tertiary/aromatic N) is 4. The van der Waals surface area contributed by atoms with E-state index in [-0.39, 0.29) is 28.5 Å². The van der Waals surface area contributed by atoms with Gasteiger partial charge in [-0.05, 0) is 90.8 Å². The van der Waals surface area contributed by atoms with E-state index < -0.39 is 43.2 Å². The number of anilines is 2. The van der Waals surface area contributed by atoms with Crippen molar-refractivity contribution in [3.8, 4) is 11.5 Å². The minimum absolute atomic E-state index is 0.0193. The van der Waals surface area contributed by atoms with E-state index in [1.165, 1.54) is 30.0 Å². The molecule has 0 radical (unpaired) electrons. The van der Waals surface area contributed by atoms with Gasteiger partial charge in [-0.15, -0.1) is 0 Å². The summed E-state index contributed by atoms with van der Waals surface area (Å²) in [6.07, 6.45) is 2.03. The van der Waals surface area contributed by atoms with Gasteiger partial charge in [-0.25, -0.2) is 18.1 Å². The maximum Gasteiger partial charge on any atom is 0.416 e. The third kappa shape index (κ3) is 9.56. The first-order valence-electron chi connectivity index (χ1n) is 20.3. The predicted molar refractivity (Wildman–Crippen MR) is 228 cm³/mol. The molecule has 2 aliphatic heterocycles. The number of H-pyrrole nitrogens is 1. The molecule has 8 rings (SSSR count). The third-order valence-corrected chi connectivity index (χ3v) is 13.0. The lowest BCUT2D eigenvalue weighted by Gasteiger charge is -2.39. The number of hydrogen-bond acceptors (Lipinski definition) is 11. The molecule has 62 heavy (non-hydrogen) atoms. The second-order valence-corrected chi connectivity index (χ2v) is 18.4. The molecule has 0 bridgehead atoms. The van der Waals surface area contributed by atoms with E-state index in [4.69, 9.17) is 9.47 Å². The fourth-order valence-electron chi connectivity index (χ4n) is 8.25. The molecule has 2 saturated heterocycles. The van der Waals surface area contributed by atoms with Crippen LogP contribution in [0.4, 0.5) is 30.2 Å². The third-order valence-electron chi connectivity index (χ3n) is 11.7. The molecule has 18 heteroatoms. The highest BCUT2D eigenvalue weighted by atomic mass is 32.2. The summed E-state index contributed by atoms with van der Waals surface area (Å²) >= 11 is 0. The van der Waals surface area contributed by atoms with Gasteiger partial charge in [-0.2, -0.15) is 13.2 Å². The summed E-state index contributed by atoms with van der Waals surface area (Å²) < 4.78 is 80.9. The number of halogens is 3. The Kier molecular flexibility index (Phi) is 11.7. The fraction of sp³-hybridized carbons (Fsp3) is 0.364. The van der Waals surface area contributed by atoms with Gasteiger partial charge in [0.1, 0.15) is 22.8 Å². The number of aromatic nitrogens is 2. The summed E-state index contributed by atoms with van der Waals surface area (Å²) in [5.74, 6) is -0.641. The number of alkyl halides is 3. The molecule has 3 N–H and O–H groups in total. The number of ether oxygens (including phenoxy) is 2. The first kappa shape index (κ1) is 42.7. The number of amides is 1. The molecule has 1 aliphatic carbocycles. The average molecular weight is 874 g/mol. The molecule has 3 aliphatic rings. The number of pyridine rings is 1. The molecule has 2 aromatic heterocycles. The van der Waals surface area contributed by atoms with Crippen molar-refractivity contribution in [1.29, 1.82) is 0 Å².